The Hall–Kier alpha value is 0.149. The van der Waals surface area contributed by atoms with Gasteiger partial charge in [-0.3, -0.25) is 0 Å². The van der Waals surface area contributed by atoms with Crippen LogP contribution in [0.5, 0.6) is 0 Å². The molecule has 0 N–H and O–H groups in total. The molecule has 1 rings (SSSR count). The number of hydrogen-bond acceptors (Lipinski definition) is 2. The van der Waals surface area contributed by atoms with Gasteiger partial charge in [0.2, 0.25) is 0 Å². The van der Waals surface area contributed by atoms with Crippen molar-refractivity contribution >= 4 is 24.9 Å². The summed E-state index contributed by atoms with van der Waals surface area (Å²) in [6.45, 7) is 0. The van der Waals surface area contributed by atoms with Gasteiger partial charge < -0.3 is 0 Å². The average Bonchev–Trinajstić information content (AvgIpc) is 1.90. The Morgan fingerprint density at radius 2 is 2.38 bits per heavy atom. The molecule has 0 aliphatic carbocycles. The summed E-state index contributed by atoms with van der Waals surface area (Å²) in [6.07, 6.45) is 7.55. The molecule has 0 aromatic carbocycles. The first-order chi connectivity index (χ1) is 3.93. The van der Waals surface area contributed by atoms with Gasteiger partial charge in [-0.05, 0) is 0 Å². The van der Waals surface area contributed by atoms with Gasteiger partial charge in [0.1, 0.15) is 0 Å². The molecular weight excluding hydrogens is 187 g/mol. The Kier molecular flexibility index (Phi) is 2.53. The molecule has 1 aliphatic heterocycles. The van der Waals surface area contributed by atoms with Gasteiger partial charge in [0, 0.05) is 0 Å². The van der Waals surface area contributed by atoms with E-state index in [1.165, 1.54) is 0 Å². The molecule has 1 nitrogen and oxygen atoms in total. The second kappa shape index (κ2) is 3.23. The standard InChI is InChI=1S/C5H6OSSe/c7-8-5-3-1-2-4-6-5/h1-5,7H. The molecule has 1 heterocycles. The van der Waals surface area contributed by atoms with Crippen LogP contribution in [0.1, 0.15) is 0 Å². The average molecular weight is 193 g/mol. The number of thiol groups is 1. The molecule has 1 aliphatic rings. The number of rotatable bonds is 1. The summed E-state index contributed by atoms with van der Waals surface area (Å²) in [5.41, 5.74) is 0. The van der Waals surface area contributed by atoms with E-state index < -0.39 is 0 Å². The van der Waals surface area contributed by atoms with E-state index in [1.54, 1.807) is 6.26 Å². The fourth-order valence-corrected chi connectivity index (χ4v) is 1.63. The summed E-state index contributed by atoms with van der Waals surface area (Å²) in [7, 11) is 0. The SMILES string of the molecule is S[Se]C1C=CC=CO1. The van der Waals surface area contributed by atoms with E-state index in [-0.39, 0.29) is 18.8 Å². The third kappa shape index (κ3) is 1.58. The summed E-state index contributed by atoms with van der Waals surface area (Å²) < 4.78 is 5.11. The first kappa shape index (κ1) is 6.27. The molecule has 0 aromatic heterocycles. The molecular formula is C5H6OSSe. The van der Waals surface area contributed by atoms with Gasteiger partial charge in [-0.15, -0.1) is 0 Å². The predicted octanol–water partition coefficient (Wildman–Crippen LogP) is 0.962. The Balaban J connectivity index is 2.40. The topological polar surface area (TPSA) is 9.23 Å². The molecule has 1 unspecified atom stereocenters. The van der Waals surface area contributed by atoms with Crippen molar-refractivity contribution in [1.29, 1.82) is 0 Å². The maximum atomic E-state index is 5.11. The summed E-state index contributed by atoms with van der Waals surface area (Å²) >= 11 is 4.39. The van der Waals surface area contributed by atoms with Crippen molar-refractivity contribution in [3.05, 3.63) is 24.5 Å². The quantitative estimate of drug-likeness (QED) is 0.482. The van der Waals surface area contributed by atoms with Gasteiger partial charge in [-0.2, -0.15) is 0 Å². The Morgan fingerprint density at radius 3 is 2.75 bits per heavy atom. The van der Waals surface area contributed by atoms with E-state index in [2.05, 4.69) is 11.0 Å². The van der Waals surface area contributed by atoms with Gasteiger partial charge in [-0.1, -0.05) is 0 Å². The minimum absolute atomic E-state index is 0.246. The van der Waals surface area contributed by atoms with Gasteiger partial charge in [-0.25, -0.2) is 0 Å². The fraction of sp³-hybridized carbons (Fsp3) is 0.200. The summed E-state index contributed by atoms with van der Waals surface area (Å²) in [4.78, 5) is 0. The van der Waals surface area contributed by atoms with Crippen molar-refractivity contribution in [2.45, 2.75) is 5.00 Å². The Morgan fingerprint density at radius 1 is 1.50 bits per heavy atom. The van der Waals surface area contributed by atoms with Crippen LogP contribution in [0.15, 0.2) is 24.5 Å². The van der Waals surface area contributed by atoms with Crippen molar-refractivity contribution in [1.82, 2.24) is 0 Å². The zero-order chi connectivity index (χ0) is 5.82. The number of allylic oxidation sites excluding steroid dienone is 2. The zero-order valence-corrected chi connectivity index (χ0v) is 6.76. The first-order valence-electron chi connectivity index (χ1n) is 2.22. The minimum atomic E-state index is 0.246. The Labute approximate surface area is 59.4 Å². The Bertz CT molecular complexity index is 122. The predicted molar refractivity (Wildman–Crippen MR) is 37.9 cm³/mol. The summed E-state index contributed by atoms with van der Waals surface area (Å²) in [6, 6.07) is 0. The summed E-state index contributed by atoms with van der Waals surface area (Å²) in [5, 5.41) is 0.246. The monoisotopic (exact) mass is 194 g/mol. The molecule has 0 saturated carbocycles. The second-order valence-electron chi connectivity index (χ2n) is 1.32. The van der Waals surface area contributed by atoms with E-state index in [1.807, 2.05) is 18.2 Å². The first-order valence-corrected chi connectivity index (χ1v) is 5.88. The van der Waals surface area contributed by atoms with E-state index in [0.29, 0.717) is 0 Å². The van der Waals surface area contributed by atoms with E-state index >= 15 is 0 Å². The third-order valence-electron chi connectivity index (χ3n) is 0.775. The normalized spacial score (nSPS) is 25.4. The second-order valence-corrected chi connectivity index (χ2v) is 3.84. The van der Waals surface area contributed by atoms with Crippen LogP contribution < -0.4 is 0 Å². The van der Waals surface area contributed by atoms with Crippen molar-refractivity contribution in [3.8, 4) is 0 Å². The maximum absolute atomic E-state index is 5.11. The van der Waals surface area contributed by atoms with Gasteiger partial charge in [0.05, 0.1) is 0 Å². The van der Waals surface area contributed by atoms with Crippen LogP contribution >= 0.6 is 11.0 Å². The van der Waals surface area contributed by atoms with E-state index in [9.17, 15) is 0 Å². The van der Waals surface area contributed by atoms with Crippen molar-refractivity contribution < 1.29 is 4.74 Å². The number of ether oxygens (including phenoxy) is 1. The van der Waals surface area contributed by atoms with E-state index in [0.717, 1.165) is 0 Å². The molecule has 0 fully saturated rings. The zero-order valence-electron chi connectivity index (χ0n) is 4.15. The third-order valence-corrected chi connectivity index (χ3v) is 2.85. The van der Waals surface area contributed by atoms with Crippen LogP contribution in [0, 0.1) is 0 Å². The summed E-state index contributed by atoms with van der Waals surface area (Å²) in [5.74, 6) is 0. The van der Waals surface area contributed by atoms with Gasteiger partial charge in [0.25, 0.3) is 0 Å². The molecule has 3 heteroatoms. The van der Waals surface area contributed by atoms with Crippen LogP contribution in [-0.2, 0) is 4.74 Å². The number of hydrogen-bond donors (Lipinski definition) is 1. The fourth-order valence-electron chi connectivity index (χ4n) is 0.428. The molecule has 1 atom stereocenters. The molecule has 44 valence electrons. The van der Waals surface area contributed by atoms with Crippen molar-refractivity contribution in [2.75, 3.05) is 0 Å². The van der Waals surface area contributed by atoms with Crippen molar-refractivity contribution in [3.63, 3.8) is 0 Å². The molecule has 0 saturated heterocycles. The molecule has 0 bridgehead atoms. The molecule has 0 aromatic rings. The van der Waals surface area contributed by atoms with Crippen LogP contribution in [0.4, 0.5) is 0 Å². The van der Waals surface area contributed by atoms with Crippen LogP contribution in [-0.4, -0.2) is 18.8 Å². The van der Waals surface area contributed by atoms with Gasteiger partial charge in [0.15, 0.2) is 0 Å². The molecule has 0 amide bonds. The van der Waals surface area contributed by atoms with Crippen LogP contribution in [0.25, 0.3) is 0 Å². The molecule has 0 radical (unpaired) electrons. The molecule has 0 spiro atoms. The van der Waals surface area contributed by atoms with Gasteiger partial charge >= 0.3 is 59.1 Å². The van der Waals surface area contributed by atoms with Crippen LogP contribution in [0.2, 0.25) is 0 Å². The molecule has 8 heavy (non-hydrogen) atoms. The van der Waals surface area contributed by atoms with Crippen molar-refractivity contribution in [2.24, 2.45) is 0 Å². The van der Waals surface area contributed by atoms with E-state index in [4.69, 9.17) is 4.74 Å². The van der Waals surface area contributed by atoms with Crippen LogP contribution in [0.3, 0.4) is 0 Å².